The predicted molar refractivity (Wildman–Crippen MR) is 130 cm³/mol. The second-order valence-corrected chi connectivity index (χ2v) is 8.31. The van der Waals surface area contributed by atoms with Crippen molar-refractivity contribution in [1.82, 2.24) is 4.90 Å². The molecule has 1 aromatic rings. The minimum Gasteiger partial charge on any atom is -0.463 e. The first-order valence-corrected chi connectivity index (χ1v) is 11.9. The van der Waals surface area contributed by atoms with Crippen molar-refractivity contribution in [2.45, 2.75) is 45.8 Å². The average molecular weight is 506 g/mol. The minimum absolute atomic E-state index is 0.0220. The van der Waals surface area contributed by atoms with Gasteiger partial charge in [0.1, 0.15) is 6.61 Å². The molecule has 1 fully saturated rings. The van der Waals surface area contributed by atoms with Gasteiger partial charge in [0.2, 0.25) is 5.76 Å². The van der Waals surface area contributed by atoms with Crippen LogP contribution in [-0.4, -0.2) is 66.8 Å². The van der Waals surface area contributed by atoms with Gasteiger partial charge < -0.3 is 34.8 Å². The van der Waals surface area contributed by atoms with Crippen molar-refractivity contribution in [2.24, 2.45) is 22.7 Å². The van der Waals surface area contributed by atoms with Crippen LogP contribution in [0.3, 0.4) is 0 Å². The number of rotatable bonds is 12. The van der Waals surface area contributed by atoms with Gasteiger partial charge in [0.05, 0.1) is 25.3 Å². The number of carbonyl (C=O) groups excluding carboxylic acids is 3. The number of hydrogen-bond acceptors (Lipinski definition) is 9. The second-order valence-electron chi connectivity index (χ2n) is 8.31. The fraction of sp³-hybridized carbons (Fsp3) is 0.520. The molecule has 0 saturated heterocycles. The highest BCUT2D eigenvalue weighted by Gasteiger charge is 2.38. The largest absolute Gasteiger partial charge is 0.463 e. The van der Waals surface area contributed by atoms with Crippen LogP contribution in [0.1, 0.15) is 38.7 Å². The smallest absolute Gasteiger partial charge is 0.410 e. The number of aliphatic hydroxyl groups is 1. The molecule has 0 radical (unpaired) electrons. The summed E-state index contributed by atoms with van der Waals surface area (Å²) in [7, 11) is 1.54. The number of carbonyl (C=O) groups is 3. The maximum Gasteiger partial charge on any atom is 0.410 e. The number of hydrogen-bond donors (Lipinski definition) is 2. The zero-order chi connectivity index (χ0) is 26.5. The highest BCUT2D eigenvalue weighted by atomic mass is 16.7. The van der Waals surface area contributed by atoms with E-state index < -0.39 is 29.8 Å². The van der Waals surface area contributed by atoms with Crippen LogP contribution in [0, 0.1) is 11.8 Å². The Morgan fingerprint density at radius 2 is 1.83 bits per heavy atom. The number of oxime groups is 1. The molecule has 0 bridgehead atoms. The average Bonchev–Trinajstić information content (AvgIpc) is 3.34. The Morgan fingerprint density at radius 3 is 2.44 bits per heavy atom. The van der Waals surface area contributed by atoms with Gasteiger partial charge in [-0.15, -0.1) is 0 Å². The second kappa shape index (κ2) is 14.7. The van der Waals surface area contributed by atoms with Crippen molar-refractivity contribution < 1.29 is 38.5 Å². The van der Waals surface area contributed by atoms with Gasteiger partial charge in [0.25, 0.3) is 0 Å². The van der Waals surface area contributed by atoms with Crippen molar-refractivity contribution in [3.05, 3.63) is 47.7 Å². The number of amidine groups is 1. The molecule has 11 heteroatoms. The summed E-state index contributed by atoms with van der Waals surface area (Å²) in [5.41, 5.74) is 7.08. The van der Waals surface area contributed by atoms with E-state index in [-0.39, 0.29) is 44.1 Å². The standard InChI is InChI=1S/C25H35N3O8/c1-4-33-21(30)14-20(24(31)34-5-2)36-27-23(26)22(19-12-11-18(13-19)15-29)28(3)25(32)35-16-17-9-7-6-8-10-17/h6-10,14,18-19,22,29H,4-5,11-13,15-16H2,1-3H3,(H2,26,27)/b20-14+. The lowest BCUT2D eigenvalue weighted by atomic mass is 9.95. The zero-order valence-corrected chi connectivity index (χ0v) is 20.9. The van der Waals surface area contributed by atoms with E-state index in [2.05, 4.69) is 5.16 Å². The van der Waals surface area contributed by atoms with Crippen molar-refractivity contribution in [3.63, 3.8) is 0 Å². The summed E-state index contributed by atoms with van der Waals surface area (Å²) < 4.78 is 15.2. The number of ether oxygens (including phenoxy) is 3. The molecule has 2 rings (SSSR count). The lowest BCUT2D eigenvalue weighted by molar-refractivity contribution is -0.144. The molecule has 36 heavy (non-hydrogen) atoms. The first kappa shape index (κ1) is 28.6. The maximum absolute atomic E-state index is 12.9. The van der Waals surface area contributed by atoms with Gasteiger partial charge in [-0.3, -0.25) is 0 Å². The van der Waals surface area contributed by atoms with Gasteiger partial charge in [-0.25, -0.2) is 14.4 Å². The third kappa shape index (κ3) is 8.56. The SMILES string of the molecule is CCOC(=O)/C=C(/ON=C(N)C(C1CCC(CO)C1)N(C)C(=O)OCc1ccccc1)C(=O)OCC. The summed E-state index contributed by atoms with van der Waals surface area (Å²) in [6, 6.07) is 8.49. The molecular formula is C25H35N3O8. The topological polar surface area (TPSA) is 150 Å². The van der Waals surface area contributed by atoms with Crippen LogP contribution in [-0.2, 0) is 35.2 Å². The lowest BCUT2D eigenvalue weighted by Gasteiger charge is -2.31. The summed E-state index contributed by atoms with van der Waals surface area (Å²) in [5.74, 6) is -2.41. The number of benzene rings is 1. The summed E-state index contributed by atoms with van der Waals surface area (Å²) >= 11 is 0. The summed E-state index contributed by atoms with van der Waals surface area (Å²) in [6.45, 7) is 3.46. The van der Waals surface area contributed by atoms with E-state index in [0.717, 1.165) is 18.1 Å². The third-order valence-corrected chi connectivity index (χ3v) is 5.76. The fourth-order valence-corrected chi connectivity index (χ4v) is 4.03. The molecule has 1 aliphatic carbocycles. The number of nitrogens with zero attached hydrogens (tertiary/aromatic N) is 2. The van der Waals surface area contributed by atoms with Crippen molar-refractivity contribution in [3.8, 4) is 0 Å². The van der Waals surface area contributed by atoms with E-state index in [1.807, 2.05) is 30.3 Å². The lowest BCUT2D eigenvalue weighted by Crippen LogP contribution is -2.50. The van der Waals surface area contributed by atoms with E-state index in [1.165, 1.54) is 11.9 Å². The van der Waals surface area contributed by atoms with E-state index in [1.54, 1.807) is 13.8 Å². The van der Waals surface area contributed by atoms with Crippen molar-refractivity contribution in [2.75, 3.05) is 26.9 Å². The Kier molecular flexibility index (Phi) is 11.7. The molecule has 0 heterocycles. The van der Waals surface area contributed by atoms with Crippen LogP contribution >= 0.6 is 0 Å². The zero-order valence-electron chi connectivity index (χ0n) is 20.9. The molecule has 198 valence electrons. The predicted octanol–water partition coefficient (Wildman–Crippen LogP) is 2.33. The summed E-state index contributed by atoms with van der Waals surface area (Å²) in [6.07, 6.45) is 2.25. The molecule has 1 aromatic carbocycles. The Morgan fingerprint density at radius 1 is 1.14 bits per heavy atom. The Labute approximate surface area is 210 Å². The van der Waals surface area contributed by atoms with Crippen LogP contribution in [0.15, 0.2) is 47.3 Å². The minimum atomic E-state index is -0.921. The molecule has 11 nitrogen and oxygen atoms in total. The Balaban J connectivity index is 2.23. The fourth-order valence-electron chi connectivity index (χ4n) is 4.03. The highest BCUT2D eigenvalue weighted by molar-refractivity contribution is 5.95. The van der Waals surface area contributed by atoms with Crippen molar-refractivity contribution >= 4 is 23.9 Å². The highest BCUT2D eigenvalue weighted by Crippen LogP contribution is 2.35. The number of esters is 2. The summed E-state index contributed by atoms with van der Waals surface area (Å²) in [5, 5.41) is 13.4. The third-order valence-electron chi connectivity index (χ3n) is 5.76. The van der Waals surface area contributed by atoms with E-state index >= 15 is 0 Å². The molecule has 3 unspecified atom stereocenters. The van der Waals surface area contributed by atoms with E-state index in [0.29, 0.717) is 12.8 Å². The van der Waals surface area contributed by atoms with Gasteiger partial charge >= 0.3 is 18.0 Å². The van der Waals surface area contributed by atoms with Crippen molar-refractivity contribution in [1.29, 1.82) is 0 Å². The van der Waals surface area contributed by atoms with E-state index in [9.17, 15) is 19.5 Å². The van der Waals surface area contributed by atoms with Gasteiger partial charge in [-0.2, -0.15) is 0 Å². The quantitative estimate of drug-likeness (QED) is 0.0830. The molecule has 1 amide bonds. The van der Waals surface area contributed by atoms with Gasteiger partial charge in [-0.05, 0) is 50.5 Å². The molecule has 0 spiro atoms. The first-order chi connectivity index (χ1) is 17.3. The summed E-state index contributed by atoms with van der Waals surface area (Å²) in [4.78, 5) is 43.5. The Bertz CT molecular complexity index is 934. The van der Waals surface area contributed by atoms with Crippen LogP contribution in [0.25, 0.3) is 0 Å². The van der Waals surface area contributed by atoms with Gasteiger partial charge in [0, 0.05) is 13.7 Å². The molecule has 1 saturated carbocycles. The van der Waals surface area contributed by atoms with Crippen LogP contribution in [0.5, 0.6) is 0 Å². The van der Waals surface area contributed by atoms with Crippen LogP contribution in [0.2, 0.25) is 0 Å². The molecule has 3 N–H and O–H groups in total. The number of nitrogens with two attached hydrogens (primary N) is 1. The maximum atomic E-state index is 12.9. The molecule has 0 aliphatic heterocycles. The molecular weight excluding hydrogens is 470 g/mol. The first-order valence-electron chi connectivity index (χ1n) is 11.9. The monoisotopic (exact) mass is 505 g/mol. The van der Waals surface area contributed by atoms with E-state index in [4.69, 9.17) is 24.8 Å². The van der Waals surface area contributed by atoms with Gasteiger partial charge in [-0.1, -0.05) is 35.5 Å². The van der Waals surface area contributed by atoms with Crippen LogP contribution < -0.4 is 5.73 Å². The molecule has 1 aliphatic rings. The number of amides is 1. The molecule has 0 aromatic heterocycles. The van der Waals surface area contributed by atoms with Gasteiger partial charge in [0.15, 0.2) is 5.84 Å². The van der Waals surface area contributed by atoms with Crippen LogP contribution in [0.4, 0.5) is 4.79 Å². The normalized spacial score (nSPS) is 18.8. The Hall–Kier alpha value is -3.60. The number of aliphatic hydroxyl groups excluding tert-OH is 1. The molecule has 3 atom stereocenters. The number of likely N-dealkylation sites (N-methyl/N-ethyl adjacent to an activating group) is 1.